The Balaban J connectivity index is 2.42. The summed E-state index contributed by atoms with van der Waals surface area (Å²) in [6.45, 7) is 7.82. The molecule has 1 fully saturated rings. The highest BCUT2D eigenvalue weighted by atomic mass is 16.5. The van der Waals surface area contributed by atoms with E-state index in [4.69, 9.17) is 4.74 Å². The molecule has 0 aliphatic carbocycles. The molecule has 1 saturated heterocycles. The predicted octanol–water partition coefficient (Wildman–Crippen LogP) is 1.98. The molecule has 1 aliphatic heterocycles. The molecule has 0 unspecified atom stereocenters. The Morgan fingerprint density at radius 1 is 1.41 bits per heavy atom. The van der Waals surface area contributed by atoms with E-state index in [-0.39, 0.29) is 17.3 Å². The quantitative estimate of drug-likeness (QED) is 0.707. The first-order valence-corrected chi connectivity index (χ1v) is 6.38. The third-order valence-corrected chi connectivity index (χ3v) is 3.32. The van der Waals surface area contributed by atoms with E-state index in [0.29, 0.717) is 26.0 Å². The minimum absolute atomic E-state index is 0.167. The molecule has 0 radical (unpaired) electrons. The van der Waals surface area contributed by atoms with Gasteiger partial charge in [-0.3, -0.25) is 9.59 Å². The number of amides is 1. The monoisotopic (exact) mass is 241 g/mol. The lowest BCUT2D eigenvalue weighted by Crippen LogP contribution is -2.32. The zero-order valence-corrected chi connectivity index (χ0v) is 11.1. The number of esters is 1. The summed E-state index contributed by atoms with van der Waals surface area (Å²) in [6.07, 6.45) is 2.83. The molecule has 1 rings (SSSR count). The highest BCUT2D eigenvalue weighted by Crippen LogP contribution is 2.30. The molecule has 17 heavy (non-hydrogen) atoms. The number of carbonyl (C=O) groups excluding carboxylic acids is 2. The van der Waals surface area contributed by atoms with Crippen molar-refractivity contribution in [2.24, 2.45) is 5.41 Å². The topological polar surface area (TPSA) is 46.6 Å². The van der Waals surface area contributed by atoms with Gasteiger partial charge in [0.1, 0.15) is 0 Å². The molecule has 1 aliphatic rings. The second kappa shape index (κ2) is 6.03. The van der Waals surface area contributed by atoms with E-state index in [1.165, 1.54) is 0 Å². The fourth-order valence-electron chi connectivity index (χ4n) is 1.99. The Kier molecular flexibility index (Phi) is 4.97. The molecule has 0 aromatic rings. The van der Waals surface area contributed by atoms with Crippen LogP contribution in [0.3, 0.4) is 0 Å². The van der Waals surface area contributed by atoms with E-state index in [1.807, 2.05) is 0 Å². The number of likely N-dealkylation sites (tertiary alicyclic amines) is 1. The van der Waals surface area contributed by atoms with E-state index in [1.54, 1.807) is 11.8 Å². The fourth-order valence-corrected chi connectivity index (χ4v) is 1.99. The van der Waals surface area contributed by atoms with E-state index in [2.05, 4.69) is 13.8 Å². The maximum atomic E-state index is 11.8. The van der Waals surface area contributed by atoms with Crippen LogP contribution in [-0.4, -0.2) is 36.5 Å². The zero-order chi connectivity index (χ0) is 12.9. The molecule has 0 aromatic carbocycles. The van der Waals surface area contributed by atoms with Crippen molar-refractivity contribution in [3.05, 3.63) is 0 Å². The second-order valence-corrected chi connectivity index (χ2v) is 5.35. The highest BCUT2D eigenvalue weighted by molar-refractivity contribution is 5.77. The maximum Gasteiger partial charge on any atom is 0.307 e. The van der Waals surface area contributed by atoms with Crippen LogP contribution in [0.1, 0.15) is 46.5 Å². The smallest absolute Gasteiger partial charge is 0.307 e. The van der Waals surface area contributed by atoms with Crippen LogP contribution in [0.5, 0.6) is 0 Å². The minimum atomic E-state index is -0.219. The van der Waals surface area contributed by atoms with Crippen molar-refractivity contribution in [1.29, 1.82) is 0 Å². The lowest BCUT2D eigenvalue weighted by molar-refractivity contribution is -0.144. The van der Waals surface area contributed by atoms with Crippen molar-refractivity contribution in [1.82, 2.24) is 4.90 Å². The summed E-state index contributed by atoms with van der Waals surface area (Å²) in [6, 6.07) is 0. The average Bonchev–Trinajstić information content (AvgIpc) is 2.38. The van der Waals surface area contributed by atoms with Gasteiger partial charge in [-0.05, 0) is 25.2 Å². The van der Waals surface area contributed by atoms with Crippen molar-refractivity contribution < 1.29 is 14.3 Å². The summed E-state index contributed by atoms with van der Waals surface area (Å²) in [5.41, 5.74) is 0.230. The van der Waals surface area contributed by atoms with Gasteiger partial charge >= 0.3 is 5.97 Å². The lowest BCUT2D eigenvalue weighted by atomic mass is 9.85. The van der Waals surface area contributed by atoms with Crippen LogP contribution in [-0.2, 0) is 14.3 Å². The van der Waals surface area contributed by atoms with Gasteiger partial charge in [0.25, 0.3) is 0 Å². The molecule has 0 spiro atoms. The summed E-state index contributed by atoms with van der Waals surface area (Å²) in [5.74, 6) is -0.0521. The number of nitrogens with zero attached hydrogens (tertiary/aromatic N) is 1. The first-order chi connectivity index (χ1) is 7.94. The SMILES string of the molecule is CCOC(=O)CCN1CCC(C)(C)CCC1=O. The summed E-state index contributed by atoms with van der Waals surface area (Å²) < 4.78 is 4.86. The number of carbonyl (C=O) groups is 2. The van der Waals surface area contributed by atoms with Crippen molar-refractivity contribution in [2.75, 3.05) is 19.7 Å². The van der Waals surface area contributed by atoms with Crippen LogP contribution in [0.25, 0.3) is 0 Å². The first-order valence-electron chi connectivity index (χ1n) is 6.38. The highest BCUT2D eigenvalue weighted by Gasteiger charge is 2.27. The first kappa shape index (κ1) is 14.0. The van der Waals surface area contributed by atoms with Crippen molar-refractivity contribution >= 4 is 11.9 Å². The van der Waals surface area contributed by atoms with Gasteiger partial charge in [-0.1, -0.05) is 13.8 Å². The molecule has 4 nitrogen and oxygen atoms in total. The van der Waals surface area contributed by atoms with Gasteiger partial charge in [0.05, 0.1) is 13.0 Å². The van der Waals surface area contributed by atoms with Crippen LogP contribution in [0.2, 0.25) is 0 Å². The average molecular weight is 241 g/mol. The number of ether oxygens (including phenoxy) is 1. The Hall–Kier alpha value is -1.06. The molecule has 98 valence electrons. The van der Waals surface area contributed by atoms with E-state index in [0.717, 1.165) is 19.4 Å². The maximum absolute atomic E-state index is 11.8. The Morgan fingerprint density at radius 2 is 2.12 bits per heavy atom. The predicted molar refractivity (Wildman–Crippen MR) is 65.5 cm³/mol. The Bertz CT molecular complexity index is 286. The Labute approximate surface area is 103 Å². The van der Waals surface area contributed by atoms with E-state index < -0.39 is 0 Å². The van der Waals surface area contributed by atoms with Crippen LogP contribution in [0, 0.1) is 5.41 Å². The third-order valence-electron chi connectivity index (χ3n) is 3.32. The van der Waals surface area contributed by atoms with Crippen molar-refractivity contribution in [3.8, 4) is 0 Å². The van der Waals surface area contributed by atoms with Crippen molar-refractivity contribution in [3.63, 3.8) is 0 Å². The summed E-state index contributed by atoms with van der Waals surface area (Å²) in [5, 5.41) is 0. The minimum Gasteiger partial charge on any atom is -0.466 e. The fraction of sp³-hybridized carbons (Fsp3) is 0.846. The molecule has 1 heterocycles. The molecule has 0 aromatic heterocycles. The normalized spacial score (nSPS) is 19.9. The third kappa shape index (κ3) is 4.75. The molecule has 4 heteroatoms. The summed E-state index contributed by atoms with van der Waals surface area (Å²) in [4.78, 5) is 24.9. The largest absolute Gasteiger partial charge is 0.466 e. The second-order valence-electron chi connectivity index (χ2n) is 5.35. The van der Waals surface area contributed by atoms with Crippen LogP contribution >= 0.6 is 0 Å². The molecule has 0 N–H and O–H groups in total. The van der Waals surface area contributed by atoms with Gasteiger partial charge in [-0.15, -0.1) is 0 Å². The van der Waals surface area contributed by atoms with Gasteiger partial charge in [0.2, 0.25) is 5.91 Å². The Morgan fingerprint density at radius 3 is 2.76 bits per heavy atom. The van der Waals surface area contributed by atoms with Crippen LogP contribution in [0.4, 0.5) is 0 Å². The van der Waals surface area contributed by atoms with Crippen LogP contribution < -0.4 is 0 Å². The van der Waals surface area contributed by atoms with Crippen molar-refractivity contribution in [2.45, 2.75) is 46.5 Å². The van der Waals surface area contributed by atoms with E-state index in [9.17, 15) is 9.59 Å². The standard InChI is InChI=1S/C13H23NO3/c1-4-17-12(16)6-9-14-10-8-13(2,3)7-5-11(14)15/h4-10H2,1-3H3. The summed E-state index contributed by atoms with van der Waals surface area (Å²) >= 11 is 0. The van der Waals surface area contributed by atoms with Gasteiger partial charge in [-0.25, -0.2) is 0 Å². The zero-order valence-electron chi connectivity index (χ0n) is 11.1. The van der Waals surface area contributed by atoms with Gasteiger partial charge in [0, 0.05) is 19.5 Å². The number of hydrogen-bond donors (Lipinski definition) is 0. The lowest BCUT2D eigenvalue weighted by Gasteiger charge is -2.23. The molecular formula is C13H23NO3. The van der Waals surface area contributed by atoms with Gasteiger partial charge in [0.15, 0.2) is 0 Å². The number of rotatable bonds is 4. The molecular weight excluding hydrogens is 218 g/mol. The van der Waals surface area contributed by atoms with Gasteiger partial charge < -0.3 is 9.64 Å². The van der Waals surface area contributed by atoms with Gasteiger partial charge in [-0.2, -0.15) is 0 Å². The molecule has 1 amide bonds. The number of hydrogen-bond acceptors (Lipinski definition) is 3. The molecule has 0 bridgehead atoms. The molecule has 0 atom stereocenters. The van der Waals surface area contributed by atoms with E-state index >= 15 is 0 Å². The summed E-state index contributed by atoms with van der Waals surface area (Å²) in [7, 11) is 0. The molecule has 0 saturated carbocycles. The van der Waals surface area contributed by atoms with Crippen LogP contribution in [0.15, 0.2) is 0 Å².